The van der Waals surface area contributed by atoms with Crippen molar-refractivity contribution >= 4 is 55.1 Å². The van der Waals surface area contributed by atoms with Crippen LogP contribution < -0.4 is 5.32 Å². The zero-order chi connectivity index (χ0) is 21.5. The van der Waals surface area contributed by atoms with Crippen LogP contribution in [-0.2, 0) is 16.1 Å². The van der Waals surface area contributed by atoms with Gasteiger partial charge in [-0.05, 0) is 49.4 Å². The quantitative estimate of drug-likeness (QED) is 0.487. The van der Waals surface area contributed by atoms with Crippen LogP contribution in [-0.4, -0.2) is 21.1 Å². The number of ketones is 1. The molecule has 5 rings (SSSR count). The topological polar surface area (TPSA) is 51.1 Å². The summed E-state index contributed by atoms with van der Waals surface area (Å²) in [6.45, 7) is 9.22. The van der Waals surface area contributed by atoms with Crippen molar-refractivity contribution in [3.8, 4) is 0 Å². The van der Waals surface area contributed by atoms with Crippen molar-refractivity contribution in [2.24, 2.45) is 16.2 Å². The summed E-state index contributed by atoms with van der Waals surface area (Å²) in [4.78, 5) is 26.2. The lowest BCUT2D eigenvalue weighted by molar-refractivity contribution is -0.130. The molecule has 1 amide bonds. The highest BCUT2D eigenvalue weighted by Gasteiger charge is 2.76. The van der Waals surface area contributed by atoms with Crippen molar-refractivity contribution in [3.05, 3.63) is 42.5 Å². The molecule has 1 heterocycles. The summed E-state index contributed by atoms with van der Waals surface area (Å²) in [7, 11) is 0. The Labute approximate surface area is 185 Å². The fourth-order valence-corrected chi connectivity index (χ4v) is 7.68. The van der Waals surface area contributed by atoms with Crippen molar-refractivity contribution in [3.63, 3.8) is 0 Å². The number of anilines is 1. The molecule has 4 nitrogen and oxygen atoms in total. The van der Waals surface area contributed by atoms with E-state index in [1.54, 1.807) is 0 Å². The van der Waals surface area contributed by atoms with Crippen LogP contribution in [0.2, 0.25) is 0 Å². The number of benzene rings is 2. The first-order valence-corrected chi connectivity index (χ1v) is 11.6. The van der Waals surface area contributed by atoms with Crippen LogP contribution in [0.25, 0.3) is 21.8 Å². The molecule has 0 spiro atoms. The minimum atomic E-state index is -0.731. The third-order valence-electron chi connectivity index (χ3n) is 8.47. The van der Waals surface area contributed by atoms with E-state index >= 15 is 0 Å². The van der Waals surface area contributed by atoms with Gasteiger partial charge in [-0.25, -0.2) is 0 Å². The van der Waals surface area contributed by atoms with Crippen LogP contribution in [0.1, 0.15) is 40.5 Å². The largest absolute Gasteiger partial charge is 0.341 e. The second kappa shape index (κ2) is 6.19. The molecule has 0 aliphatic heterocycles. The first-order chi connectivity index (χ1) is 14.2. The number of hydrogen-bond acceptors (Lipinski definition) is 2. The number of carbonyl (C=O) groups excluding carboxylic acids is 2. The van der Waals surface area contributed by atoms with E-state index in [1.165, 1.54) is 10.9 Å². The van der Waals surface area contributed by atoms with Crippen molar-refractivity contribution in [1.82, 2.24) is 4.57 Å². The highest BCUT2D eigenvalue weighted by atomic mass is 79.9. The van der Waals surface area contributed by atoms with Gasteiger partial charge >= 0.3 is 0 Å². The van der Waals surface area contributed by atoms with Gasteiger partial charge < -0.3 is 9.88 Å². The minimum Gasteiger partial charge on any atom is -0.341 e. The number of rotatable bonds is 3. The highest BCUT2D eigenvalue weighted by Crippen LogP contribution is 2.72. The average Bonchev–Trinajstić information content (AvgIpc) is 3.19. The molecule has 3 aromatic rings. The number of nitrogens with one attached hydrogen (secondary N) is 1. The van der Waals surface area contributed by atoms with Crippen molar-refractivity contribution in [1.29, 1.82) is 0 Å². The number of para-hydroxylation sites is 1. The lowest BCUT2D eigenvalue weighted by Gasteiger charge is -2.39. The third kappa shape index (κ3) is 2.12. The first kappa shape index (κ1) is 19.8. The van der Waals surface area contributed by atoms with Crippen LogP contribution in [0.4, 0.5) is 5.69 Å². The monoisotopic (exact) mass is 466 g/mol. The summed E-state index contributed by atoms with van der Waals surface area (Å²) < 4.78 is 2.30. The van der Waals surface area contributed by atoms with Crippen LogP contribution in [0.3, 0.4) is 0 Å². The zero-order valence-corrected chi connectivity index (χ0v) is 19.5. The Bertz CT molecular complexity index is 1230. The standard InChI is InChI=1S/C25H27BrN2O2/c1-5-28-18-9-7-6-8-16(18)17-14-15(10-11-19(17)28)27-22(30)25-13-12-24(4,23(25,2)3)21(29)20(25)26/h6-11,14,20H,5,12-13H2,1-4H3,(H,27,30). The Balaban J connectivity index is 1.57. The number of carbonyl (C=O) groups is 2. The molecule has 1 N–H and O–H groups in total. The van der Waals surface area contributed by atoms with Gasteiger partial charge in [-0.15, -0.1) is 0 Å². The fourth-order valence-electron chi connectivity index (χ4n) is 6.17. The highest BCUT2D eigenvalue weighted by molar-refractivity contribution is 9.10. The molecule has 2 aliphatic rings. The molecule has 3 unspecified atom stereocenters. The number of Topliss-reactive ketones (excluding diaryl/α,β-unsaturated/α-hetero) is 1. The van der Waals surface area contributed by atoms with Gasteiger partial charge in [0.25, 0.3) is 0 Å². The van der Waals surface area contributed by atoms with E-state index in [9.17, 15) is 9.59 Å². The van der Waals surface area contributed by atoms with Gasteiger partial charge in [0.05, 0.1) is 10.2 Å². The zero-order valence-electron chi connectivity index (χ0n) is 17.9. The normalized spacial score (nSPS) is 29.8. The maximum atomic E-state index is 13.7. The van der Waals surface area contributed by atoms with Crippen molar-refractivity contribution in [2.45, 2.75) is 51.9 Å². The first-order valence-electron chi connectivity index (χ1n) is 10.7. The second-order valence-corrected chi connectivity index (χ2v) is 10.5. The van der Waals surface area contributed by atoms with Gasteiger partial charge in [0.1, 0.15) is 0 Å². The van der Waals surface area contributed by atoms with Crippen molar-refractivity contribution < 1.29 is 9.59 Å². The Hall–Kier alpha value is -2.14. The van der Waals surface area contributed by atoms with Gasteiger partial charge in [0.15, 0.2) is 5.78 Å². The maximum absolute atomic E-state index is 13.7. The summed E-state index contributed by atoms with van der Waals surface area (Å²) >= 11 is 3.61. The van der Waals surface area contributed by atoms with Crippen LogP contribution in [0.15, 0.2) is 42.5 Å². The van der Waals surface area contributed by atoms with Gasteiger partial charge in [-0.1, -0.05) is 54.9 Å². The molecular formula is C25H27BrN2O2. The van der Waals surface area contributed by atoms with E-state index in [0.717, 1.165) is 36.0 Å². The van der Waals surface area contributed by atoms with Crippen LogP contribution in [0.5, 0.6) is 0 Å². The second-order valence-electron chi connectivity index (χ2n) is 9.60. The van der Waals surface area contributed by atoms with E-state index in [4.69, 9.17) is 0 Å². The molecule has 1 aromatic heterocycles. The predicted molar refractivity (Wildman–Crippen MR) is 125 cm³/mol. The number of fused-ring (bicyclic) bond motifs is 5. The molecule has 0 saturated heterocycles. The number of alkyl halides is 1. The molecule has 30 heavy (non-hydrogen) atoms. The van der Waals surface area contributed by atoms with E-state index in [2.05, 4.69) is 76.9 Å². The SMILES string of the molecule is CCn1c2ccccc2c2cc(NC(=O)C34CCC(C)(C(=O)C3Br)C4(C)C)ccc21. The van der Waals surface area contributed by atoms with E-state index < -0.39 is 21.1 Å². The molecule has 2 aromatic carbocycles. The number of amides is 1. The molecule has 2 bridgehead atoms. The van der Waals surface area contributed by atoms with Gasteiger partial charge in [-0.2, -0.15) is 0 Å². The number of hydrogen-bond donors (Lipinski definition) is 1. The molecule has 5 heteroatoms. The number of aryl methyl sites for hydroxylation is 1. The Morgan fingerprint density at radius 1 is 1.10 bits per heavy atom. The van der Waals surface area contributed by atoms with Gasteiger partial charge in [-0.3, -0.25) is 9.59 Å². The van der Waals surface area contributed by atoms with Crippen molar-refractivity contribution in [2.75, 3.05) is 5.32 Å². The van der Waals surface area contributed by atoms with E-state index in [0.29, 0.717) is 0 Å². The Morgan fingerprint density at radius 3 is 2.47 bits per heavy atom. The molecule has 2 saturated carbocycles. The van der Waals surface area contributed by atoms with Gasteiger partial charge in [0.2, 0.25) is 5.91 Å². The molecule has 3 atom stereocenters. The lowest BCUT2D eigenvalue weighted by Crippen LogP contribution is -2.47. The summed E-state index contributed by atoms with van der Waals surface area (Å²) in [5.74, 6) is 0.109. The summed E-state index contributed by atoms with van der Waals surface area (Å²) in [5.41, 5.74) is 1.55. The smallest absolute Gasteiger partial charge is 0.232 e. The molecule has 2 fully saturated rings. The Kier molecular flexibility index (Phi) is 4.09. The lowest BCUT2D eigenvalue weighted by atomic mass is 9.64. The molecule has 2 aliphatic carbocycles. The van der Waals surface area contributed by atoms with Crippen LogP contribution >= 0.6 is 15.9 Å². The third-order valence-corrected chi connectivity index (χ3v) is 9.67. The number of nitrogens with zero attached hydrogens (tertiary/aromatic N) is 1. The molecular weight excluding hydrogens is 440 g/mol. The minimum absolute atomic E-state index is 0.0532. The average molecular weight is 467 g/mol. The van der Waals surface area contributed by atoms with E-state index in [-0.39, 0.29) is 11.7 Å². The fraction of sp³-hybridized carbons (Fsp3) is 0.440. The number of aromatic nitrogens is 1. The van der Waals surface area contributed by atoms with E-state index in [1.807, 2.05) is 19.1 Å². The Morgan fingerprint density at radius 2 is 1.80 bits per heavy atom. The molecule has 0 radical (unpaired) electrons. The van der Waals surface area contributed by atoms with Gasteiger partial charge in [0, 0.05) is 39.5 Å². The maximum Gasteiger partial charge on any atom is 0.232 e. The number of halogens is 1. The summed E-state index contributed by atoms with van der Waals surface area (Å²) in [6, 6.07) is 14.5. The predicted octanol–water partition coefficient (Wildman–Crippen LogP) is 5.91. The summed E-state index contributed by atoms with van der Waals surface area (Å²) in [6.07, 6.45) is 1.48. The summed E-state index contributed by atoms with van der Waals surface area (Å²) in [5, 5.41) is 5.50. The molecule has 156 valence electrons. The van der Waals surface area contributed by atoms with Crippen LogP contribution in [0, 0.1) is 16.2 Å².